The van der Waals surface area contributed by atoms with E-state index in [0.29, 0.717) is 11.6 Å². The molecule has 7 rings (SSSR count). The molecule has 40 heavy (non-hydrogen) atoms. The van der Waals surface area contributed by atoms with Gasteiger partial charge in [0, 0.05) is 46.1 Å². The van der Waals surface area contributed by atoms with Gasteiger partial charge in [-0.15, -0.1) is 0 Å². The van der Waals surface area contributed by atoms with Gasteiger partial charge in [0.25, 0.3) is 0 Å². The monoisotopic (exact) mass is 516 g/mol. The van der Waals surface area contributed by atoms with E-state index in [2.05, 4.69) is 93.7 Å². The third-order valence-electron chi connectivity index (χ3n) is 6.82. The second-order valence-corrected chi connectivity index (χ2v) is 9.40. The fourth-order valence-corrected chi connectivity index (χ4v) is 4.79. The molecule has 0 unspecified atom stereocenters. The molecule has 0 saturated heterocycles. The Morgan fingerprint density at radius 1 is 0.450 bits per heavy atom. The van der Waals surface area contributed by atoms with E-state index in [0.717, 1.165) is 50.5 Å². The minimum absolute atomic E-state index is 0.516. The summed E-state index contributed by atoms with van der Waals surface area (Å²) in [7, 11) is 0. The molecule has 7 aromatic rings. The standard InChI is InChI=1S/C35H24N4O/c1-3-9-28(10-4-1)39(29-11-5-2-6-12-29)30-19-15-25(16-20-30)31-21-17-26(23-36-31)27-18-22-33(37-24-27)35-38-32-13-7-8-14-34(32)40-35/h1-24H. The van der Waals surface area contributed by atoms with Crippen LogP contribution in [-0.4, -0.2) is 15.0 Å². The number of nitrogens with zero attached hydrogens (tertiary/aromatic N) is 4. The average molecular weight is 517 g/mol. The summed E-state index contributed by atoms with van der Waals surface area (Å²) in [6.45, 7) is 0. The van der Waals surface area contributed by atoms with Crippen molar-refractivity contribution in [3.05, 3.63) is 146 Å². The van der Waals surface area contributed by atoms with Crippen molar-refractivity contribution in [2.24, 2.45) is 0 Å². The Morgan fingerprint density at radius 3 is 1.55 bits per heavy atom. The van der Waals surface area contributed by atoms with Crippen LogP contribution >= 0.6 is 0 Å². The molecule has 0 atom stereocenters. The number of rotatable bonds is 6. The number of benzene rings is 4. The smallest absolute Gasteiger partial charge is 0.246 e. The van der Waals surface area contributed by atoms with E-state index in [4.69, 9.17) is 9.40 Å². The summed E-state index contributed by atoms with van der Waals surface area (Å²) in [5.74, 6) is 0.516. The van der Waals surface area contributed by atoms with E-state index in [1.54, 1.807) is 0 Å². The van der Waals surface area contributed by atoms with Gasteiger partial charge in [0.1, 0.15) is 11.2 Å². The predicted molar refractivity (Wildman–Crippen MR) is 161 cm³/mol. The van der Waals surface area contributed by atoms with Crippen molar-refractivity contribution in [2.45, 2.75) is 0 Å². The van der Waals surface area contributed by atoms with E-state index in [1.165, 1.54) is 0 Å². The number of fused-ring (bicyclic) bond motifs is 1. The Kier molecular flexibility index (Phi) is 6.07. The molecule has 3 aromatic heterocycles. The summed E-state index contributed by atoms with van der Waals surface area (Å²) in [6, 6.07) is 45.1. The number of oxazole rings is 1. The molecule has 0 aliphatic rings. The fourth-order valence-electron chi connectivity index (χ4n) is 4.79. The Morgan fingerprint density at radius 2 is 0.975 bits per heavy atom. The van der Waals surface area contributed by atoms with Crippen LogP contribution in [0.3, 0.4) is 0 Å². The van der Waals surface area contributed by atoms with Gasteiger partial charge >= 0.3 is 0 Å². The summed E-state index contributed by atoms with van der Waals surface area (Å²) >= 11 is 0. The molecule has 0 aliphatic heterocycles. The predicted octanol–water partition coefficient (Wildman–Crippen LogP) is 9.09. The quantitative estimate of drug-likeness (QED) is 0.221. The van der Waals surface area contributed by atoms with Crippen molar-refractivity contribution in [3.8, 4) is 34.0 Å². The number of aromatic nitrogens is 3. The highest BCUT2D eigenvalue weighted by Crippen LogP contribution is 2.35. The molecule has 190 valence electrons. The Hall–Kier alpha value is -5.55. The first-order valence-electron chi connectivity index (χ1n) is 13.1. The molecule has 5 heteroatoms. The molecule has 4 aromatic carbocycles. The zero-order valence-electron chi connectivity index (χ0n) is 21.6. The van der Waals surface area contributed by atoms with Crippen molar-refractivity contribution < 1.29 is 4.42 Å². The Bertz CT molecular complexity index is 1790. The first-order valence-corrected chi connectivity index (χ1v) is 13.1. The Balaban J connectivity index is 1.12. The van der Waals surface area contributed by atoms with Gasteiger partial charge in [-0.2, -0.15) is 0 Å². The largest absolute Gasteiger partial charge is 0.435 e. The summed E-state index contributed by atoms with van der Waals surface area (Å²) in [5, 5.41) is 0. The van der Waals surface area contributed by atoms with Crippen LogP contribution in [0.5, 0.6) is 0 Å². The molecule has 0 saturated carbocycles. The number of anilines is 3. The average Bonchev–Trinajstić information content (AvgIpc) is 3.48. The van der Waals surface area contributed by atoms with Crippen LogP contribution in [-0.2, 0) is 0 Å². The molecule has 3 heterocycles. The van der Waals surface area contributed by atoms with Crippen LogP contribution in [0.2, 0.25) is 0 Å². The van der Waals surface area contributed by atoms with Crippen LogP contribution < -0.4 is 4.90 Å². The van der Waals surface area contributed by atoms with E-state index < -0.39 is 0 Å². The second-order valence-electron chi connectivity index (χ2n) is 9.40. The topological polar surface area (TPSA) is 55.1 Å². The first kappa shape index (κ1) is 23.6. The molecule has 0 bridgehead atoms. The van der Waals surface area contributed by atoms with Crippen molar-refractivity contribution in [2.75, 3.05) is 4.90 Å². The number of hydrogen-bond acceptors (Lipinski definition) is 5. The number of hydrogen-bond donors (Lipinski definition) is 0. The third-order valence-corrected chi connectivity index (χ3v) is 6.82. The highest BCUT2D eigenvalue weighted by atomic mass is 16.3. The van der Waals surface area contributed by atoms with Crippen LogP contribution in [0.4, 0.5) is 17.1 Å². The van der Waals surface area contributed by atoms with Crippen LogP contribution in [0.25, 0.3) is 45.1 Å². The van der Waals surface area contributed by atoms with Gasteiger partial charge in [-0.1, -0.05) is 72.8 Å². The molecular formula is C35H24N4O. The zero-order valence-corrected chi connectivity index (χ0v) is 21.6. The van der Waals surface area contributed by atoms with E-state index >= 15 is 0 Å². The summed E-state index contributed by atoms with van der Waals surface area (Å²) in [6.07, 6.45) is 3.72. The van der Waals surface area contributed by atoms with Gasteiger partial charge in [-0.25, -0.2) is 4.98 Å². The highest BCUT2D eigenvalue weighted by Gasteiger charge is 2.13. The number of pyridine rings is 2. The molecule has 0 N–H and O–H groups in total. The SMILES string of the molecule is c1ccc(N(c2ccccc2)c2ccc(-c3ccc(-c4ccc(-c5nc6ccccc6o5)nc4)cn3)cc2)cc1. The molecular weight excluding hydrogens is 492 g/mol. The van der Waals surface area contributed by atoms with Gasteiger partial charge < -0.3 is 9.32 Å². The summed E-state index contributed by atoms with van der Waals surface area (Å²) in [5.41, 5.74) is 9.53. The minimum atomic E-state index is 0.516. The maximum atomic E-state index is 5.85. The van der Waals surface area contributed by atoms with Crippen molar-refractivity contribution in [1.82, 2.24) is 15.0 Å². The lowest BCUT2D eigenvalue weighted by molar-refractivity contribution is 0.617. The summed E-state index contributed by atoms with van der Waals surface area (Å²) < 4.78 is 5.85. The van der Waals surface area contributed by atoms with E-state index in [9.17, 15) is 0 Å². The van der Waals surface area contributed by atoms with Gasteiger partial charge in [-0.05, 0) is 60.7 Å². The van der Waals surface area contributed by atoms with E-state index in [1.807, 2.05) is 67.0 Å². The first-order chi connectivity index (χ1) is 19.8. The van der Waals surface area contributed by atoms with Crippen molar-refractivity contribution in [3.63, 3.8) is 0 Å². The number of para-hydroxylation sites is 4. The maximum absolute atomic E-state index is 5.85. The maximum Gasteiger partial charge on any atom is 0.246 e. The van der Waals surface area contributed by atoms with Crippen molar-refractivity contribution in [1.29, 1.82) is 0 Å². The lowest BCUT2D eigenvalue weighted by Crippen LogP contribution is -2.09. The van der Waals surface area contributed by atoms with Gasteiger partial charge in [0.2, 0.25) is 5.89 Å². The van der Waals surface area contributed by atoms with Gasteiger partial charge in [0.05, 0.1) is 5.69 Å². The second kappa shape index (κ2) is 10.3. The molecule has 0 aliphatic carbocycles. The van der Waals surface area contributed by atoms with Crippen molar-refractivity contribution >= 4 is 28.2 Å². The Labute approximate surface area is 232 Å². The lowest BCUT2D eigenvalue weighted by Gasteiger charge is -2.25. The molecule has 5 nitrogen and oxygen atoms in total. The minimum Gasteiger partial charge on any atom is -0.435 e. The normalized spacial score (nSPS) is 11.0. The molecule has 0 amide bonds. The van der Waals surface area contributed by atoms with Crippen LogP contribution in [0.1, 0.15) is 0 Å². The fraction of sp³-hybridized carbons (Fsp3) is 0. The molecule has 0 spiro atoms. The lowest BCUT2D eigenvalue weighted by atomic mass is 10.1. The van der Waals surface area contributed by atoms with Crippen LogP contribution in [0.15, 0.2) is 150 Å². The highest BCUT2D eigenvalue weighted by molar-refractivity contribution is 5.78. The molecule has 0 fully saturated rings. The van der Waals surface area contributed by atoms with Crippen LogP contribution in [0, 0.1) is 0 Å². The molecule has 0 radical (unpaired) electrons. The zero-order chi connectivity index (χ0) is 26.7. The van der Waals surface area contributed by atoms with Gasteiger partial charge in [-0.3, -0.25) is 9.97 Å². The van der Waals surface area contributed by atoms with E-state index in [-0.39, 0.29) is 0 Å². The third kappa shape index (κ3) is 4.61. The van der Waals surface area contributed by atoms with Gasteiger partial charge in [0.15, 0.2) is 5.58 Å². The summed E-state index contributed by atoms with van der Waals surface area (Å²) in [4.78, 5) is 16.1.